The summed E-state index contributed by atoms with van der Waals surface area (Å²) in [7, 11) is 1.63. The van der Waals surface area contributed by atoms with E-state index in [-0.39, 0.29) is 5.91 Å². The normalized spacial score (nSPS) is 12.5. The molecular formula is C37H34N8O3. The second-order valence-corrected chi connectivity index (χ2v) is 11.6. The van der Waals surface area contributed by atoms with E-state index in [1.165, 1.54) is 0 Å². The molecule has 0 saturated carbocycles. The highest BCUT2D eigenvalue weighted by atomic mass is 16.5. The van der Waals surface area contributed by atoms with Gasteiger partial charge in [0.05, 0.1) is 25.7 Å². The summed E-state index contributed by atoms with van der Waals surface area (Å²) in [6, 6.07) is 28.0. The molecule has 4 heterocycles. The van der Waals surface area contributed by atoms with Crippen molar-refractivity contribution in [2.45, 2.75) is 31.5 Å². The highest BCUT2D eigenvalue weighted by Crippen LogP contribution is 2.29. The van der Waals surface area contributed by atoms with E-state index < -0.39 is 12.1 Å². The van der Waals surface area contributed by atoms with E-state index in [1.807, 2.05) is 77.6 Å². The van der Waals surface area contributed by atoms with Crippen LogP contribution in [-0.4, -0.2) is 49.1 Å². The van der Waals surface area contributed by atoms with Crippen molar-refractivity contribution in [3.63, 3.8) is 0 Å². The van der Waals surface area contributed by atoms with E-state index in [9.17, 15) is 9.59 Å². The molecule has 11 nitrogen and oxygen atoms in total. The Morgan fingerprint density at radius 3 is 2.02 bits per heavy atom. The molecule has 3 aromatic carbocycles. The highest BCUT2D eigenvalue weighted by Gasteiger charge is 2.29. The molecule has 2 unspecified atom stereocenters. The fourth-order valence-electron chi connectivity index (χ4n) is 6.20. The third kappa shape index (κ3) is 6.25. The zero-order valence-electron chi connectivity index (χ0n) is 26.3. The number of aromatic amines is 2. The quantitative estimate of drug-likeness (QED) is 0.124. The lowest BCUT2D eigenvalue weighted by atomic mass is 10.0. The fourth-order valence-corrected chi connectivity index (χ4v) is 6.20. The minimum atomic E-state index is -0.594. The predicted octanol–water partition coefficient (Wildman–Crippen LogP) is 5.44. The number of hydrogen-bond acceptors (Lipinski definition) is 6. The summed E-state index contributed by atoms with van der Waals surface area (Å²) in [5, 5.41) is 17.7. The van der Waals surface area contributed by atoms with Crippen molar-refractivity contribution in [2.75, 3.05) is 7.11 Å². The SMILES string of the molecule is COc1ccc(Cn2c(C(Cc3c[nH]c4ccccc34)NC=O)nnc2C(Cc2c[nH]c3ccccc23)NC(=O)c2ccccn2)cc1. The zero-order valence-corrected chi connectivity index (χ0v) is 26.3. The molecule has 11 heteroatoms. The molecule has 7 aromatic rings. The number of para-hydroxylation sites is 2. The average Bonchev–Trinajstić information content (AvgIpc) is 3.86. The standard InChI is InChI=1S/C37H34N8O3/c1-48-27-15-13-24(14-16-27)22-45-35(33(41-23-46)18-25-20-39-30-10-4-2-8-28(25)30)43-44-36(45)34(42-37(47)32-12-6-7-17-38-32)19-26-21-40-31-11-5-3-9-29(26)31/h2-17,20-21,23,33-34,39-40H,18-19,22H2,1H3,(H,41,46)(H,42,47). The maximum absolute atomic E-state index is 13.6. The maximum atomic E-state index is 13.6. The van der Waals surface area contributed by atoms with Gasteiger partial charge in [-0.25, -0.2) is 0 Å². The molecule has 0 radical (unpaired) electrons. The van der Waals surface area contributed by atoms with Crippen molar-refractivity contribution in [2.24, 2.45) is 0 Å². The van der Waals surface area contributed by atoms with Crippen LogP contribution in [0.3, 0.4) is 0 Å². The molecule has 48 heavy (non-hydrogen) atoms. The molecule has 7 rings (SSSR count). The molecular weight excluding hydrogens is 604 g/mol. The summed E-state index contributed by atoms with van der Waals surface area (Å²) in [4.78, 5) is 36.6. The van der Waals surface area contributed by atoms with Crippen molar-refractivity contribution in [1.29, 1.82) is 0 Å². The lowest BCUT2D eigenvalue weighted by molar-refractivity contribution is -0.110. The maximum Gasteiger partial charge on any atom is 0.270 e. The number of carbonyl (C=O) groups excluding carboxylic acids is 2. The molecule has 0 aliphatic rings. The molecule has 2 atom stereocenters. The second kappa shape index (κ2) is 13.6. The summed E-state index contributed by atoms with van der Waals surface area (Å²) >= 11 is 0. The number of amides is 2. The number of pyridine rings is 1. The summed E-state index contributed by atoms with van der Waals surface area (Å²) in [5.74, 6) is 1.52. The number of rotatable bonds is 13. The van der Waals surface area contributed by atoms with Crippen molar-refractivity contribution in [3.8, 4) is 5.75 Å². The molecule has 0 bridgehead atoms. The number of methoxy groups -OCH3 is 1. The van der Waals surface area contributed by atoms with Crippen LogP contribution in [-0.2, 0) is 24.2 Å². The van der Waals surface area contributed by atoms with Gasteiger partial charge in [0, 0.05) is 53.2 Å². The topological polar surface area (TPSA) is 143 Å². The molecule has 0 spiro atoms. The van der Waals surface area contributed by atoms with Crippen LogP contribution < -0.4 is 15.4 Å². The van der Waals surface area contributed by atoms with Crippen LogP contribution >= 0.6 is 0 Å². The molecule has 0 aliphatic carbocycles. The Bertz CT molecular complexity index is 2170. The molecule has 4 aromatic heterocycles. The lowest BCUT2D eigenvalue weighted by Crippen LogP contribution is -2.33. The van der Waals surface area contributed by atoms with E-state index in [0.29, 0.717) is 43.1 Å². The Labute approximate surface area is 276 Å². The van der Waals surface area contributed by atoms with Gasteiger partial charge in [0.15, 0.2) is 11.6 Å². The number of H-pyrrole nitrogens is 2. The minimum Gasteiger partial charge on any atom is -0.497 e. The Kier molecular flexibility index (Phi) is 8.64. The van der Waals surface area contributed by atoms with Crippen LogP contribution in [0.1, 0.15) is 50.9 Å². The van der Waals surface area contributed by atoms with Crippen LogP contribution in [0.2, 0.25) is 0 Å². The third-order valence-corrected chi connectivity index (χ3v) is 8.60. The van der Waals surface area contributed by atoms with Gasteiger partial charge < -0.3 is 29.9 Å². The summed E-state index contributed by atoms with van der Waals surface area (Å²) < 4.78 is 7.39. The largest absolute Gasteiger partial charge is 0.497 e. The second-order valence-electron chi connectivity index (χ2n) is 11.6. The van der Waals surface area contributed by atoms with Crippen molar-refractivity contribution < 1.29 is 14.3 Å². The smallest absolute Gasteiger partial charge is 0.270 e. The van der Waals surface area contributed by atoms with E-state index >= 15 is 0 Å². The summed E-state index contributed by atoms with van der Waals surface area (Å²) in [6.45, 7) is 0.385. The first kappa shape index (κ1) is 30.4. The van der Waals surface area contributed by atoms with Crippen molar-refractivity contribution >= 4 is 34.1 Å². The first-order valence-corrected chi connectivity index (χ1v) is 15.7. The Morgan fingerprint density at radius 2 is 1.42 bits per heavy atom. The monoisotopic (exact) mass is 638 g/mol. The van der Waals surface area contributed by atoms with Gasteiger partial charge >= 0.3 is 0 Å². The zero-order chi connectivity index (χ0) is 32.9. The Balaban J connectivity index is 1.33. The van der Waals surface area contributed by atoms with Gasteiger partial charge in [-0.15, -0.1) is 10.2 Å². The molecule has 4 N–H and O–H groups in total. The number of fused-ring (bicyclic) bond motifs is 2. The van der Waals surface area contributed by atoms with Gasteiger partial charge in [-0.3, -0.25) is 14.6 Å². The van der Waals surface area contributed by atoms with Crippen molar-refractivity contribution in [1.82, 2.24) is 40.3 Å². The first-order valence-electron chi connectivity index (χ1n) is 15.7. The Hall–Kier alpha value is -6.23. The lowest BCUT2D eigenvalue weighted by Gasteiger charge is -2.22. The number of nitrogens with zero attached hydrogens (tertiary/aromatic N) is 4. The van der Waals surface area contributed by atoms with Gasteiger partial charge in [-0.2, -0.15) is 0 Å². The molecule has 0 aliphatic heterocycles. The fraction of sp³-hybridized carbons (Fsp3) is 0.162. The number of nitrogens with one attached hydrogen (secondary N) is 4. The van der Waals surface area contributed by atoms with Gasteiger partial charge in [0.25, 0.3) is 5.91 Å². The van der Waals surface area contributed by atoms with E-state index in [2.05, 4.69) is 37.7 Å². The van der Waals surface area contributed by atoms with E-state index in [4.69, 9.17) is 14.9 Å². The minimum absolute atomic E-state index is 0.294. The van der Waals surface area contributed by atoms with Crippen LogP contribution in [0.4, 0.5) is 0 Å². The Morgan fingerprint density at radius 1 is 0.812 bits per heavy atom. The number of benzene rings is 3. The van der Waals surface area contributed by atoms with Crippen LogP contribution in [0.5, 0.6) is 5.75 Å². The van der Waals surface area contributed by atoms with Gasteiger partial charge in [0.2, 0.25) is 6.41 Å². The van der Waals surface area contributed by atoms with E-state index in [0.717, 1.165) is 44.2 Å². The van der Waals surface area contributed by atoms with Gasteiger partial charge in [0.1, 0.15) is 11.4 Å². The molecule has 2 amide bonds. The predicted molar refractivity (Wildman–Crippen MR) is 183 cm³/mol. The molecule has 240 valence electrons. The van der Waals surface area contributed by atoms with Gasteiger partial charge in [-0.1, -0.05) is 54.6 Å². The third-order valence-electron chi connectivity index (χ3n) is 8.60. The number of carbonyl (C=O) groups is 2. The first-order chi connectivity index (χ1) is 23.6. The van der Waals surface area contributed by atoms with E-state index in [1.54, 1.807) is 31.5 Å². The summed E-state index contributed by atoms with van der Waals surface area (Å²) in [6.07, 6.45) is 7.10. The molecule has 0 saturated heterocycles. The number of ether oxygens (including phenoxy) is 1. The van der Waals surface area contributed by atoms with Crippen LogP contribution in [0.15, 0.2) is 110 Å². The van der Waals surface area contributed by atoms with Crippen LogP contribution in [0, 0.1) is 0 Å². The highest BCUT2D eigenvalue weighted by molar-refractivity contribution is 5.92. The number of aromatic nitrogens is 6. The van der Waals surface area contributed by atoms with Crippen LogP contribution in [0.25, 0.3) is 21.8 Å². The summed E-state index contributed by atoms with van der Waals surface area (Å²) in [5.41, 5.74) is 5.31. The molecule has 0 fully saturated rings. The number of hydrogen-bond donors (Lipinski definition) is 4. The average molecular weight is 639 g/mol. The van der Waals surface area contributed by atoms with Gasteiger partial charge in [-0.05, 0) is 53.1 Å². The van der Waals surface area contributed by atoms with Crippen molar-refractivity contribution in [3.05, 3.63) is 144 Å².